The van der Waals surface area contributed by atoms with Gasteiger partial charge in [-0.15, -0.1) is 0 Å². The Morgan fingerprint density at radius 2 is 2.21 bits per heavy atom. The fourth-order valence-electron chi connectivity index (χ4n) is 2.83. The van der Waals surface area contributed by atoms with Crippen molar-refractivity contribution in [2.45, 2.75) is 39.3 Å². The Morgan fingerprint density at radius 3 is 2.89 bits per heavy atom. The lowest BCUT2D eigenvalue weighted by Crippen LogP contribution is -2.46. The van der Waals surface area contributed by atoms with Gasteiger partial charge in [-0.25, -0.2) is 0 Å². The second-order valence-electron chi connectivity index (χ2n) is 5.51. The third kappa shape index (κ3) is 3.56. The number of rotatable bonds is 4. The molecule has 1 aromatic rings. The first-order valence-electron chi connectivity index (χ1n) is 7.18. The van der Waals surface area contributed by atoms with Gasteiger partial charge in [0, 0.05) is 19.1 Å². The molecule has 19 heavy (non-hydrogen) atoms. The van der Waals surface area contributed by atoms with Crippen LogP contribution < -0.4 is 0 Å². The molecule has 106 valence electrons. The Kier molecular flexibility index (Phi) is 4.97. The smallest absolute Gasteiger partial charge is 0.0919 e. The van der Waals surface area contributed by atoms with Crippen molar-refractivity contribution >= 4 is 0 Å². The molecule has 1 fully saturated rings. The second kappa shape index (κ2) is 6.51. The number of aliphatic hydroxyl groups is 1. The predicted molar refractivity (Wildman–Crippen MR) is 77.3 cm³/mol. The van der Waals surface area contributed by atoms with Gasteiger partial charge in [0.1, 0.15) is 0 Å². The number of morpholine rings is 1. The van der Waals surface area contributed by atoms with E-state index in [0.717, 1.165) is 31.7 Å². The Morgan fingerprint density at radius 1 is 1.42 bits per heavy atom. The monoisotopic (exact) mass is 263 g/mol. The van der Waals surface area contributed by atoms with Gasteiger partial charge in [0.05, 0.1) is 19.3 Å². The van der Waals surface area contributed by atoms with Crippen molar-refractivity contribution in [2.75, 3.05) is 26.3 Å². The summed E-state index contributed by atoms with van der Waals surface area (Å²) in [5.74, 6) is 0. The van der Waals surface area contributed by atoms with E-state index in [1.54, 1.807) is 0 Å². The van der Waals surface area contributed by atoms with Gasteiger partial charge < -0.3 is 9.84 Å². The van der Waals surface area contributed by atoms with Crippen molar-refractivity contribution in [3.05, 3.63) is 34.9 Å². The molecule has 1 aliphatic rings. The zero-order chi connectivity index (χ0) is 13.8. The molecular formula is C16H25NO2. The summed E-state index contributed by atoms with van der Waals surface area (Å²) in [4.78, 5) is 2.35. The number of aryl methyl sites for hydroxylation is 2. The summed E-state index contributed by atoms with van der Waals surface area (Å²) in [7, 11) is 0. The number of benzene rings is 1. The van der Waals surface area contributed by atoms with Crippen LogP contribution in [-0.2, 0) is 4.74 Å². The van der Waals surface area contributed by atoms with Gasteiger partial charge in [0.15, 0.2) is 0 Å². The van der Waals surface area contributed by atoms with Gasteiger partial charge in [0.25, 0.3) is 0 Å². The number of β-amino-alcohol motifs (C(OH)–C–C–N with tert-alkyl or cyclic N) is 1. The van der Waals surface area contributed by atoms with E-state index in [4.69, 9.17) is 4.74 Å². The standard InChI is InChI=1S/C16H25NO2/c1-4-14-11-19-8-7-17(14)10-16(18)15-6-5-12(2)9-13(15)3/h5-6,9,14,16,18H,4,7-8,10-11H2,1-3H3. The summed E-state index contributed by atoms with van der Waals surface area (Å²) in [5.41, 5.74) is 3.46. The summed E-state index contributed by atoms with van der Waals surface area (Å²) in [5, 5.41) is 10.5. The number of aliphatic hydroxyl groups excluding tert-OH is 1. The fourth-order valence-corrected chi connectivity index (χ4v) is 2.83. The van der Waals surface area contributed by atoms with Crippen molar-refractivity contribution in [1.29, 1.82) is 0 Å². The van der Waals surface area contributed by atoms with Crippen LogP contribution in [0.5, 0.6) is 0 Å². The van der Waals surface area contributed by atoms with Gasteiger partial charge in [0.2, 0.25) is 0 Å². The van der Waals surface area contributed by atoms with Crippen molar-refractivity contribution in [3.8, 4) is 0 Å². The molecule has 2 unspecified atom stereocenters. The van der Waals surface area contributed by atoms with Crippen LogP contribution in [0.3, 0.4) is 0 Å². The van der Waals surface area contributed by atoms with Crippen molar-refractivity contribution in [1.82, 2.24) is 4.90 Å². The molecule has 0 radical (unpaired) electrons. The minimum absolute atomic E-state index is 0.409. The van der Waals surface area contributed by atoms with Crippen LogP contribution in [0.2, 0.25) is 0 Å². The van der Waals surface area contributed by atoms with E-state index in [2.05, 4.69) is 43.9 Å². The molecule has 1 aromatic carbocycles. The molecule has 1 N–H and O–H groups in total. The lowest BCUT2D eigenvalue weighted by molar-refractivity contribution is -0.0278. The summed E-state index contributed by atoms with van der Waals surface area (Å²) >= 11 is 0. The average Bonchev–Trinajstić information content (AvgIpc) is 2.39. The normalized spacial score (nSPS) is 22.4. The summed E-state index contributed by atoms with van der Waals surface area (Å²) < 4.78 is 5.51. The molecule has 1 saturated heterocycles. The van der Waals surface area contributed by atoms with Gasteiger partial charge in [-0.2, -0.15) is 0 Å². The quantitative estimate of drug-likeness (QED) is 0.905. The first-order valence-corrected chi connectivity index (χ1v) is 7.18. The maximum atomic E-state index is 10.5. The Bertz CT molecular complexity index is 419. The van der Waals surface area contributed by atoms with Crippen LogP contribution in [0.15, 0.2) is 18.2 Å². The molecule has 0 aliphatic carbocycles. The molecule has 2 rings (SSSR count). The zero-order valence-corrected chi connectivity index (χ0v) is 12.2. The van der Waals surface area contributed by atoms with Crippen molar-refractivity contribution in [2.24, 2.45) is 0 Å². The van der Waals surface area contributed by atoms with Crippen molar-refractivity contribution in [3.63, 3.8) is 0 Å². The van der Waals surface area contributed by atoms with E-state index in [1.165, 1.54) is 11.1 Å². The molecule has 0 bridgehead atoms. The fraction of sp³-hybridized carbons (Fsp3) is 0.625. The SMILES string of the molecule is CCC1COCCN1CC(O)c1ccc(C)cc1C. The highest BCUT2D eigenvalue weighted by atomic mass is 16.5. The third-order valence-electron chi connectivity index (χ3n) is 4.01. The van der Waals surface area contributed by atoms with E-state index >= 15 is 0 Å². The van der Waals surface area contributed by atoms with Crippen molar-refractivity contribution < 1.29 is 9.84 Å². The summed E-state index contributed by atoms with van der Waals surface area (Å²) in [6.45, 7) is 9.51. The molecular weight excluding hydrogens is 238 g/mol. The molecule has 2 atom stereocenters. The molecule has 0 amide bonds. The minimum atomic E-state index is -0.409. The molecule has 0 spiro atoms. The Labute approximate surface area is 116 Å². The van der Waals surface area contributed by atoms with Crippen LogP contribution >= 0.6 is 0 Å². The predicted octanol–water partition coefficient (Wildman–Crippen LogP) is 2.45. The Hall–Kier alpha value is -0.900. The lowest BCUT2D eigenvalue weighted by Gasteiger charge is -2.36. The Balaban J connectivity index is 2.05. The van der Waals surface area contributed by atoms with Gasteiger partial charge >= 0.3 is 0 Å². The molecule has 0 saturated carbocycles. The van der Waals surface area contributed by atoms with E-state index in [-0.39, 0.29) is 0 Å². The first kappa shape index (κ1) is 14.5. The van der Waals surface area contributed by atoms with Gasteiger partial charge in [-0.3, -0.25) is 4.90 Å². The number of ether oxygens (including phenoxy) is 1. The molecule has 0 aromatic heterocycles. The van der Waals surface area contributed by atoms with E-state index in [0.29, 0.717) is 12.6 Å². The number of nitrogens with zero attached hydrogens (tertiary/aromatic N) is 1. The maximum Gasteiger partial charge on any atom is 0.0919 e. The largest absolute Gasteiger partial charge is 0.387 e. The topological polar surface area (TPSA) is 32.7 Å². The van der Waals surface area contributed by atoms with Crippen LogP contribution in [0.1, 0.15) is 36.1 Å². The van der Waals surface area contributed by atoms with E-state index in [1.807, 2.05) is 0 Å². The number of hydrogen-bond donors (Lipinski definition) is 1. The summed E-state index contributed by atoms with van der Waals surface area (Å²) in [6.07, 6.45) is 0.660. The van der Waals surface area contributed by atoms with Crippen LogP contribution in [-0.4, -0.2) is 42.4 Å². The van der Waals surface area contributed by atoms with Crippen LogP contribution in [0, 0.1) is 13.8 Å². The maximum absolute atomic E-state index is 10.5. The second-order valence-corrected chi connectivity index (χ2v) is 5.51. The summed E-state index contributed by atoms with van der Waals surface area (Å²) in [6, 6.07) is 6.70. The number of hydrogen-bond acceptors (Lipinski definition) is 3. The molecule has 3 heteroatoms. The molecule has 1 heterocycles. The highest BCUT2D eigenvalue weighted by Gasteiger charge is 2.24. The van der Waals surface area contributed by atoms with Crippen LogP contribution in [0.4, 0.5) is 0 Å². The van der Waals surface area contributed by atoms with Crippen LogP contribution in [0.25, 0.3) is 0 Å². The van der Waals surface area contributed by atoms with E-state index < -0.39 is 6.10 Å². The zero-order valence-electron chi connectivity index (χ0n) is 12.2. The van der Waals surface area contributed by atoms with E-state index in [9.17, 15) is 5.11 Å². The average molecular weight is 263 g/mol. The van der Waals surface area contributed by atoms with Gasteiger partial charge in [-0.1, -0.05) is 30.7 Å². The highest BCUT2D eigenvalue weighted by molar-refractivity contribution is 5.32. The highest BCUT2D eigenvalue weighted by Crippen LogP contribution is 2.22. The van der Waals surface area contributed by atoms with Gasteiger partial charge in [-0.05, 0) is 31.4 Å². The third-order valence-corrected chi connectivity index (χ3v) is 4.01. The first-order chi connectivity index (χ1) is 9.11. The lowest BCUT2D eigenvalue weighted by atomic mass is 10.00. The molecule has 1 aliphatic heterocycles. The molecule has 3 nitrogen and oxygen atoms in total. The minimum Gasteiger partial charge on any atom is -0.387 e.